The van der Waals surface area contributed by atoms with Crippen LogP contribution in [-0.2, 0) is 0 Å². The number of hydrogen-bond donors (Lipinski definition) is 3. The number of aliphatic hydroxyl groups is 1. The molecule has 3 nitrogen and oxygen atoms in total. The van der Waals surface area contributed by atoms with Gasteiger partial charge in [0.15, 0.2) is 0 Å². The fourth-order valence-electron chi connectivity index (χ4n) is 6.88. The Morgan fingerprint density at radius 3 is 2.62 bits per heavy atom. The van der Waals surface area contributed by atoms with Gasteiger partial charge in [-0.3, -0.25) is 0 Å². The lowest BCUT2D eigenvalue weighted by atomic mass is 9.49. The van der Waals surface area contributed by atoms with Crippen LogP contribution in [0.5, 0.6) is 0 Å². The summed E-state index contributed by atoms with van der Waals surface area (Å²) in [5, 5.41) is 17.3. The highest BCUT2D eigenvalue weighted by Crippen LogP contribution is 2.64. The van der Waals surface area contributed by atoms with Crippen molar-refractivity contribution in [2.45, 2.75) is 64.5 Å². The molecule has 0 aliphatic heterocycles. The molecule has 0 aromatic carbocycles. The molecule has 0 bridgehead atoms. The van der Waals surface area contributed by atoms with Crippen molar-refractivity contribution in [1.82, 2.24) is 10.6 Å². The zero-order valence-corrected chi connectivity index (χ0v) is 15.7. The lowest BCUT2D eigenvalue weighted by Gasteiger charge is -2.56. The molecular formula is C21H34N2O. The molecule has 0 amide bonds. The maximum atomic E-state index is 10.1. The highest BCUT2D eigenvalue weighted by molar-refractivity contribution is 5.35. The van der Waals surface area contributed by atoms with Crippen LogP contribution in [0.1, 0.15) is 52.4 Å². The second kappa shape index (κ2) is 5.60. The van der Waals surface area contributed by atoms with E-state index in [9.17, 15) is 5.11 Å². The first-order valence-corrected chi connectivity index (χ1v) is 9.89. The smallest absolute Gasteiger partial charge is 0.0724 e. The Morgan fingerprint density at radius 1 is 1.12 bits per heavy atom. The van der Waals surface area contributed by atoms with Gasteiger partial charge in [0.25, 0.3) is 0 Å². The van der Waals surface area contributed by atoms with Gasteiger partial charge < -0.3 is 15.7 Å². The standard InChI is InChI=1S/C21H34N2O/c1-20-9-7-14(24)11-13(20)12-17(22-3)19-15-5-6-18(23-4)21(15,2)10-8-16(19)20/h7,9,13-16,18,22-24H,5-6,8,10-12H2,1-4H3/t13?,14-,15-,16-,18-,20-,21-/m0/s1. The van der Waals surface area contributed by atoms with E-state index in [1.165, 1.54) is 31.4 Å². The quantitative estimate of drug-likeness (QED) is 0.681. The van der Waals surface area contributed by atoms with Crippen LogP contribution in [-0.4, -0.2) is 31.3 Å². The first kappa shape index (κ1) is 16.7. The molecule has 7 atom stereocenters. The van der Waals surface area contributed by atoms with Gasteiger partial charge in [-0.05, 0) is 79.7 Å². The summed E-state index contributed by atoms with van der Waals surface area (Å²) in [5.74, 6) is 1.94. The van der Waals surface area contributed by atoms with E-state index in [0.29, 0.717) is 29.2 Å². The summed E-state index contributed by atoms with van der Waals surface area (Å²) in [5.41, 5.74) is 3.87. The van der Waals surface area contributed by atoms with Gasteiger partial charge in [-0.25, -0.2) is 0 Å². The Balaban J connectivity index is 1.78. The van der Waals surface area contributed by atoms with Crippen LogP contribution in [0.15, 0.2) is 23.4 Å². The van der Waals surface area contributed by atoms with Crippen LogP contribution in [0.4, 0.5) is 0 Å². The number of rotatable bonds is 2. The Morgan fingerprint density at radius 2 is 1.92 bits per heavy atom. The van der Waals surface area contributed by atoms with Gasteiger partial charge in [0.2, 0.25) is 0 Å². The minimum Gasteiger partial charge on any atom is -0.391 e. The second-order valence-electron chi connectivity index (χ2n) is 9.18. The molecule has 4 rings (SSSR count). The average molecular weight is 331 g/mol. The minimum absolute atomic E-state index is 0.230. The predicted molar refractivity (Wildman–Crippen MR) is 98.5 cm³/mol. The van der Waals surface area contributed by atoms with E-state index in [2.05, 4.69) is 50.7 Å². The molecule has 2 fully saturated rings. The van der Waals surface area contributed by atoms with Gasteiger partial charge in [-0.15, -0.1) is 0 Å². The topological polar surface area (TPSA) is 44.3 Å². The molecule has 3 heteroatoms. The third-order valence-corrected chi connectivity index (χ3v) is 8.34. The molecule has 0 aromatic rings. The highest BCUT2D eigenvalue weighted by Gasteiger charge is 2.58. The minimum atomic E-state index is -0.253. The van der Waals surface area contributed by atoms with Gasteiger partial charge in [0.05, 0.1) is 6.10 Å². The van der Waals surface area contributed by atoms with Crippen molar-refractivity contribution in [1.29, 1.82) is 0 Å². The fraction of sp³-hybridized carbons (Fsp3) is 0.810. The van der Waals surface area contributed by atoms with Crippen LogP contribution in [0.3, 0.4) is 0 Å². The Labute approximate surface area is 147 Å². The van der Waals surface area contributed by atoms with E-state index < -0.39 is 0 Å². The van der Waals surface area contributed by atoms with Crippen molar-refractivity contribution >= 4 is 0 Å². The first-order chi connectivity index (χ1) is 11.4. The molecule has 1 unspecified atom stereocenters. The van der Waals surface area contributed by atoms with E-state index in [0.717, 1.165) is 12.8 Å². The number of fused-ring (bicyclic) bond motifs is 5. The molecule has 2 saturated carbocycles. The third-order valence-electron chi connectivity index (χ3n) is 8.34. The molecule has 0 heterocycles. The van der Waals surface area contributed by atoms with Gasteiger partial charge in [-0.2, -0.15) is 0 Å². The third kappa shape index (κ3) is 2.10. The summed E-state index contributed by atoms with van der Waals surface area (Å²) in [4.78, 5) is 0. The van der Waals surface area contributed by atoms with Crippen molar-refractivity contribution in [2.75, 3.05) is 14.1 Å². The van der Waals surface area contributed by atoms with Crippen molar-refractivity contribution in [3.63, 3.8) is 0 Å². The zero-order valence-electron chi connectivity index (χ0n) is 15.7. The summed E-state index contributed by atoms with van der Waals surface area (Å²) in [6.07, 6.45) is 11.5. The fourth-order valence-corrected chi connectivity index (χ4v) is 6.88. The molecule has 24 heavy (non-hydrogen) atoms. The number of hydrogen-bond acceptors (Lipinski definition) is 3. The molecule has 0 aromatic heterocycles. The summed E-state index contributed by atoms with van der Waals surface area (Å²) in [6.45, 7) is 4.99. The highest BCUT2D eigenvalue weighted by atomic mass is 16.3. The molecule has 3 N–H and O–H groups in total. The zero-order chi connectivity index (χ0) is 17.1. The van der Waals surface area contributed by atoms with Crippen LogP contribution >= 0.6 is 0 Å². The largest absolute Gasteiger partial charge is 0.391 e. The van der Waals surface area contributed by atoms with E-state index in [1.807, 2.05) is 0 Å². The number of aliphatic hydroxyl groups excluding tert-OH is 1. The molecule has 4 aliphatic carbocycles. The van der Waals surface area contributed by atoms with Crippen LogP contribution in [0.2, 0.25) is 0 Å². The van der Waals surface area contributed by atoms with Crippen molar-refractivity contribution < 1.29 is 5.11 Å². The molecule has 134 valence electrons. The SMILES string of the molecule is CNC1=C2[C@@H]3CC[C@H](NC)[C@@]3(C)CC[C@@H]2[C@@]2(C)C=C[C@H](O)CC2C1. The summed E-state index contributed by atoms with van der Waals surface area (Å²) in [7, 11) is 4.24. The Kier molecular flexibility index (Phi) is 3.89. The van der Waals surface area contributed by atoms with E-state index in [-0.39, 0.29) is 11.5 Å². The average Bonchev–Trinajstić information content (AvgIpc) is 2.91. The summed E-state index contributed by atoms with van der Waals surface area (Å²) < 4.78 is 0. The maximum Gasteiger partial charge on any atom is 0.0724 e. The number of allylic oxidation sites excluding steroid dienone is 3. The van der Waals surface area contributed by atoms with E-state index in [1.54, 1.807) is 5.57 Å². The van der Waals surface area contributed by atoms with Gasteiger partial charge in [0.1, 0.15) is 0 Å². The Bertz CT molecular complexity index is 582. The molecule has 0 radical (unpaired) electrons. The lowest BCUT2D eigenvalue weighted by Crippen LogP contribution is -2.52. The van der Waals surface area contributed by atoms with Gasteiger partial charge >= 0.3 is 0 Å². The molecule has 0 saturated heterocycles. The van der Waals surface area contributed by atoms with Crippen molar-refractivity contribution in [3.8, 4) is 0 Å². The second-order valence-corrected chi connectivity index (χ2v) is 9.18. The van der Waals surface area contributed by atoms with Crippen LogP contribution in [0, 0.1) is 28.6 Å². The molecular weight excluding hydrogens is 296 g/mol. The van der Waals surface area contributed by atoms with Gasteiger partial charge in [0, 0.05) is 18.8 Å². The van der Waals surface area contributed by atoms with Crippen LogP contribution in [0.25, 0.3) is 0 Å². The lowest BCUT2D eigenvalue weighted by molar-refractivity contribution is 0.0302. The molecule has 4 aliphatic rings. The summed E-state index contributed by atoms with van der Waals surface area (Å²) in [6, 6.07) is 0.656. The maximum absolute atomic E-state index is 10.1. The summed E-state index contributed by atoms with van der Waals surface area (Å²) >= 11 is 0. The number of nitrogens with one attached hydrogen (secondary N) is 2. The Hall–Kier alpha value is -0.800. The van der Waals surface area contributed by atoms with Crippen molar-refractivity contribution in [2.24, 2.45) is 28.6 Å². The van der Waals surface area contributed by atoms with Crippen LogP contribution < -0.4 is 10.6 Å². The first-order valence-electron chi connectivity index (χ1n) is 9.89. The predicted octanol–water partition coefficient (Wildman–Crippen LogP) is 3.22. The molecule has 0 spiro atoms. The normalized spacial score (nSPS) is 50.3. The van der Waals surface area contributed by atoms with E-state index >= 15 is 0 Å². The van der Waals surface area contributed by atoms with Gasteiger partial charge in [-0.1, -0.05) is 26.0 Å². The monoisotopic (exact) mass is 330 g/mol. The van der Waals surface area contributed by atoms with Crippen molar-refractivity contribution in [3.05, 3.63) is 23.4 Å². The van der Waals surface area contributed by atoms with E-state index in [4.69, 9.17) is 0 Å².